The molecule has 0 spiro atoms. The van der Waals surface area contributed by atoms with Crippen LogP contribution >= 0.6 is 11.6 Å². The number of aromatic nitrogens is 4. The fourth-order valence-electron chi connectivity index (χ4n) is 3.00. The molecule has 0 atom stereocenters. The molecular weight excluding hydrogens is 366 g/mol. The maximum atomic E-state index is 12.1. The number of carbonyl (C=O) groups is 1. The number of nitriles is 1. The van der Waals surface area contributed by atoms with Crippen LogP contribution in [0.1, 0.15) is 21.7 Å². The van der Waals surface area contributed by atoms with Crippen molar-refractivity contribution in [2.75, 3.05) is 7.11 Å². The van der Waals surface area contributed by atoms with Gasteiger partial charge in [0.15, 0.2) is 11.4 Å². The first kappa shape index (κ1) is 16.9. The van der Waals surface area contributed by atoms with Gasteiger partial charge in [0, 0.05) is 17.8 Å². The number of methoxy groups -OCH3 is 1. The van der Waals surface area contributed by atoms with Crippen molar-refractivity contribution in [1.29, 1.82) is 5.26 Å². The quantitative estimate of drug-likeness (QED) is 0.508. The molecule has 4 aromatic rings. The van der Waals surface area contributed by atoms with Crippen molar-refractivity contribution in [3.05, 3.63) is 64.7 Å². The Balaban J connectivity index is 1.85. The summed E-state index contributed by atoms with van der Waals surface area (Å²) in [6.45, 7) is 0.394. The Morgan fingerprint density at radius 2 is 2.15 bits per heavy atom. The van der Waals surface area contributed by atoms with Gasteiger partial charge in [0.2, 0.25) is 0 Å². The van der Waals surface area contributed by atoms with Gasteiger partial charge in [-0.05, 0) is 29.8 Å². The standard InChI is InChI=1S/C19H12ClN5O2/c1-27-19(26)18-17-15(8-21)22-5-4-16(17)25(24-18)10-11-2-3-14-12(6-11)7-13(20)9-23-14/h2-7,9H,10H2,1H3. The molecule has 7 nitrogen and oxygen atoms in total. The predicted octanol–water partition coefficient (Wildman–Crippen LogP) is 3.34. The maximum Gasteiger partial charge on any atom is 0.359 e. The molecule has 0 aliphatic heterocycles. The summed E-state index contributed by atoms with van der Waals surface area (Å²) in [5, 5.41) is 15.6. The van der Waals surface area contributed by atoms with E-state index >= 15 is 0 Å². The lowest BCUT2D eigenvalue weighted by Gasteiger charge is -2.06. The summed E-state index contributed by atoms with van der Waals surface area (Å²) in [4.78, 5) is 20.4. The molecule has 27 heavy (non-hydrogen) atoms. The van der Waals surface area contributed by atoms with E-state index in [9.17, 15) is 10.1 Å². The van der Waals surface area contributed by atoms with E-state index in [0.717, 1.165) is 16.5 Å². The molecule has 3 aromatic heterocycles. The molecule has 8 heteroatoms. The van der Waals surface area contributed by atoms with Gasteiger partial charge in [-0.25, -0.2) is 9.78 Å². The van der Waals surface area contributed by atoms with Crippen LogP contribution in [0.4, 0.5) is 0 Å². The first-order valence-corrected chi connectivity index (χ1v) is 8.36. The van der Waals surface area contributed by atoms with Gasteiger partial charge in [0.05, 0.1) is 35.1 Å². The number of hydrogen-bond donors (Lipinski definition) is 0. The van der Waals surface area contributed by atoms with E-state index in [0.29, 0.717) is 22.5 Å². The van der Waals surface area contributed by atoms with E-state index in [1.165, 1.54) is 13.3 Å². The summed E-state index contributed by atoms with van der Waals surface area (Å²) in [5.74, 6) is -0.613. The zero-order chi connectivity index (χ0) is 19.0. The molecule has 4 rings (SSSR count). The summed E-state index contributed by atoms with van der Waals surface area (Å²) >= 11 is 6.03. The van der Waals surface area contributed by atoms with E-state index in [-0.39, 0.29) is 11.4 Å². The second-order valence-electron chi connectivity index (χ2n) is 5.84. The molecule has 0 N–H and O–H groups in total. The third-order valence-corrected chi connectivity index (χ3v) is 4.40. The number of carbonyl (C=O) groups excluding carboxylic acids is 1. The Morgan fingerprint density at radius 1 is 1.30 bits per heavy atom. The van der Waals surface area contributed by atoms with E-state index in [2.05, 4.69) is 15.1 Å². The van der Waals surface area contributed by atoms with Crippen LogP contribution in [0.3, 0.4) is 0 Å². The molecule has 132 valence electrons. The van der Waals surface area contributed by atoms with Crippen molar-refractivity contribution in [1.82, 2.24) is 19.7 Å². The van der Waals surface area contributed by atoms with Crippen LogP contribution in [0.25, 0.3) is 21.8 Å². The fourth-order valence-corrected chi connectivity index (χ4v) is 3.16. The molecule has 1 aromatic carbocycles. The van der Waals surface area contributed by atoms with Gasteiger partial charge in [0.25, 0.3) is 0 Å². The van der Waals surface area contributed by atoms with Gasteiger partial charge < -0.3 is 4.74 Å². The van der Waals surface area contributed by atoms with Gasteiger partial charge in [0.1, 0.15) is 6.07 Å². The van der Waals surface area contributed by atoms with Crippen molar-refractivity contribution in [3.8, 4) is 6.07 Å². The van der Waals surface area contributed by atoms with Crippen LogP contribution in [-0.2, 0) is 11.3 Å². The SMILES string of the molecule is COC(=O)c1nn(Cc2ccc3ncc(Cl)cc3c2)c2ccnc(C#N)c12. The molecule has 0 bridgehead atoms. The van der Waals surface area contributed by atoms with Gasteiger partial charge in [-0.1, -0.05) is 17.7 Å². The zero-order valence-corrected chi connectivity index (χ0v) is 14.9. The van der Waals surface area contributed by atoms with Crippen LogP contribution in [-0.4, -0.2) is 32.8 Å². The Bertz CT molecular complexity index is 1240. The molecule has 0 aliphatic carbocycles. The molecular formula is C19H12ClN5O2. The number of rotatable bonds is 3. The van der Waals surface area contributed by atoms with Gasteiger partial charge in [-0.15, -0.1) is 0 Å². The first-order valence-electron chi connectivity index (χ1n) is 7.99. The summed E-state index contributed by atoms with van der Waals surface area (Å²) in [6, 6.07) is 11.4. The minimum Gasteiger partial charge on any atom is -0.464 e. The van der Waals surface area contributed by atoms with Gasteiger partial charge in [-0.2, -0.15) is 10.4 Å². The number of nitrogens with zero attached hydrogens (tertiary/aromatic N) is 5. The topological polar surface area (TPSA) is 93.7 Å². The van der Waals surface area contributed by atoms with Crippen molar-refractivity contribution >= 4 is 39.4 Å². The molecule has 0 fully saturated rings. The third-order valence-electron chi connectivity index (χ3n) is 4.19. The lowest BCUT2D eigenvalue weighted by Crippen LogP contribution is -2.06. The Labute approximate surface area is 158 Å². The number of benzene rings is 1. The van der Waals surface area contributed by atoms with Crippen LogP contribution in [0.15, 0.2) is 42.7 Å². The summed E-state index contributed by atoms with van der Waals surface area (Å²) in [5.41, 5.74) is 2.62. The molecule has 0 radical (unpaired) electrons. The Morgan fingerprint density at radius 3 is 2.93 bits per heavy atom. The number of pyridine rings is 2. The largest absolute Gasteiger partial charge is 0.464 e. The second-order valence-corrected chi connectivity index (χ2v) is 6.28. The smallest absolute Gasteiger partial charge is 0.359 e. The number of halogens is 1. The van der Waals surface area contributed by atoms with Crippen molar-refractivity contribution in [3.63, 3.8) is 0 Å². The number of esters is 1. The monoisotopic (exact) mass is 377 g/mol. The van der Waals surface area contributed by atoms with Crippen LogP contribution < -0.4 is 0 Å². The van der Waals surface area contributed by atoms with Crippen molar-refractivity contribution in [2.24, 2.45) is 0 Å². The van der Waals surface area contributed by atoms with E-state index in [1.54, 1.807) is 16.9 Å². The summed E-state index contributed by atoms with van der Waals surface area (Å²) < 4.78 is 6.46. The molecule has 0 saturated carbocycles. The molecule has 3 heterocycles. The normalized spacial score (nSPS) is 10.9. The van der Waals surface area contributed by atoms with E-state index in [4.69, 9.17) is 16.3 Å². The van der Waals surface area contributed by atoms with Crippen LogP contribution in [0, 0.1) is 11.3 Å². The molecule has 0 unspecified atom stereocenters. The van der Waals surface area contributed by atoms with Crippen molar-refractivity contribution in [2.45, 2.75) is 6.54 Å². The highest BCUT2D eigenvalue weighted by atomic mass is 35.5. The van der Waals surface area contributed by atoms with Crippen molar-refractivity contribution < 1.29 is 9.53 Å². The number of fused-ring (bicyclic) bond motifs is 2. The zero-order valence-electron chi connectivity index (χ0n) is 14.2. The van der Waals surface area contributed by atoms with Gasteiger partial charge in [-0.3, -0.25) is 9.67 Å². The summed E-state index contributed by atoms with van der Waals surface area (Å²) in [6.07, 6.45) is 3.12. The number of hydrogen-bond acceptors (Lipinski definition) is 6. The Kier molecular flexibility index (Phi) is 4.18. The predicted molar refractivity (Wildman–Crippen MR) is 99.4 cm³/mol. The maximum absolute atomic E-state index is 12.1. The van der Waals surface area contributed by atoms with Crippen LogP contribution in [0.5, 0.6) is 0 Å². The number of ether oxygens (including phenoxy) is 1. The third kappa shape index (κ3) is 2.96. The summed E-state index contributed by atoms with van der Waals surface area (Å²) in [7, 11) is 1.27. The average molecular weight is 378 g/mol. The average Bonchev–Trinajstić information content (AvgIpc) is 3.05. The second kappa shape index (κ2) is 6.67. The lowest BCUT2D eigenvalue weighted by molar-refractivity contribution is 0.0595. The Hall–Kier alpha value is -3.50. The highest BCUT2D eigenvalue weighted by Gasteiger charge is 2.21. The minimum absolute atomic E-state index is 0.0719. The van der Waals surface area contributed by atoms with Crippen LogP contribution in [0.2, 0.25) is 5.02 Å². The van der Waals surface area contributed by atoms with E-state index in [1.807, 2.05) is 30.3 Å². The van der Waals surface area contributed by atoms with Gasteiger partial charge >= 0.3 is 5.97 Å². The highest BCUT2D eigenvalue weighted by molar-refractivity contribution is 6.31. The first-order chi connectivity index (χ1) is 13.1. The lowest BCUT2D eigenvalue weighted by atomic mass is 10.1. The molecule has 0 amide bonds. The minimum atomic E-state index is -0.613. The highest BCUT2D eigenvalue weighted by Crippen LogP contribution is 2.24. The molecule has 0 saturated heterocycles. The fraction of sp³-hybridized carbons (Fsp3) is 0.105. The molecule has 0 aliphatic rings. The van der Waals surface area contributed by atoms with E-state index < -0.39 is 5.97 Å².